The van der Waals surface area contributed by atoms with Gasteiger partial charge < -0.3 is 0 Å². The van der Waals surface area contributed by atoms with Crippen LogP contribution in [0, 0.1) is 0 Å². The number of hydrogen-bond donors (Lipinski definition) is 0. The molecule has 0 bridgehead atoms. The van der Waals surface area contributed by atoms with Crippen molar-refractivity contribution in [3.63, 3.8) is 0 Å². The van der Waals surface area contributed by atoms with E-state index in [-0.39, 0.29) is 0 Å². The van der Waals surface area contributed by atoms with E-state index in [1.807, 2.05) is 0 Å². The molecular weight excluding hydrogens is 177 g/mol. The zero-order chi connectivity index (χ0) is 6.10. The maximum absolute atomic E-state index is 4.25. The van der Waals surface area contributed by atoms with E-state index in [4.69, 9.17) is 0 Å². The molecule has 1 aliphatic rings. The van der Waals surface area contributed by atoms with E-state index in [0.717, 1.165) is 0 Å². The zero-order valence-electron chi connectivity index (χ0n) is 5.00. The van der Waals surface area contributed by atoms with Crippen LogP contribution in [-0.4, -0.2) is 19.5 Å². The summed E-state index contributed by atoms with van der Waals surface area (Å²) in [5.74, 6) is 0. The molecule has 0 amide bonds. The van der Waals surface area contributed by atoms with Gasteiger partial charge in [-0.2, -0.15) is 0 Å². The third-order valence-electron chi connectivity index (χ3n) is 1.46. The summed E-state index contributed by atoms with van der Waals surface area (Å²) >= 11 is 0.562. The molecule has 1 nitrogen and oxygen atoms in total. The number of hydrogen-bond acceptors (Lipinski definition) is 1. The van der Waals surface area contributed by atoms with Crippen molar-refractivity contribution in [1.29, 1.82) is 0 Å². The van der Waals surface area contributed by atoms with Crippen molar-refractivity contribution in [2.45, 2.75) is 12.8 Å². The van der Waals surface area contributed by atoms with Gasteiger partial charge in [0, 0.05) is 0 Å². The van der Waals surface area contributed by atoms with Gasteiger partial charge in [-0.25, -0.2) is 0 Å². The first-order chi connectivity index (χ1) is 4.47. The molecule has 0 aromatic carbocycles. The Hall–Kier alpha value is -0.331. The van der Waals surface area contributed by atoms with Crippen LogP contribution in [0.4, 0.5) is 0 Å². The topological polar surface area (TPSA) is 12.9 Å². The monoisotopic (exact) mass is 185 g/mol. The van der Waals surface area contributed by atoms with Gasteiger partial charge >= 0.3 is 59.0 Å². The molecule has 0 saturated heterocycles. The molecule has 0 N–H and O–H groups in total. The fraction of sp³-hybridized carbons (Fsp3) is 0.286. The molecule has 1 aromatic heterocycles. The Kier molecular flexibility index (Phi) is 1.29. The molecule has 1 aromatic rings. The molecule has 2 rings (SSSR count). The minimum absolute atomic E-state index is 0.562. The second-order valence-corrected chi connectivity index (χ2v) is 3.95. The molecule has 0 radical (unpaired) electrons. The zero-order valence-corrected chi connectivity index (χ0v) is 6.71. The molecule has 0 spiro atoms. The van der Waals surface area contributed by atoms with Gasteiger partial charge in [-0.15, -0.1) is 0 Å². The summed E-state index contributed by atoms with van der Waals surface area (Å²) in [4.78, 5) is 4.25. The summed E-state index contributed by atoms with van der Waals surface area (Å²) in [6.45, 7) is 0. The van der Waals surface area contributed by atoms with Crippen LogP contribution in [0.25, 0.3) is 12.2 Å². The molecule has 0 atom stereocenters. The van der Waals surface area contributed by atoms with Crippen LogP contribution in [0.2, 0.25) is 0 Å². The van der Waals surface area contributed by atoms with Crippen molar-refractivity contribution in [3.05, 3.63) is 14.5 Å². The van der Waals surface area contributed by atoms with Crippen molar-refractivity contribution in [1.82, 2.24) is 4.98 Å². The van der Waals surface area contributed by atoms with Crippen molar-refractivity contribution in [2.75, 3.05) is 0 Å². The summed E-state index contributed by atoms with van der Waals surface area (Å²) in [5.41, 5.74) is 0. The van der Waals surface area contributed by atoms with E-state index in [1.54, 1.807) is 0 Å². The summed E-state index contributed by atoms with van der Waals surface area (Å²) in [6.07, 6.45) is 6.97. The van der Waals surface area contributed by atoms with Crippen molar-refractivity contribution < 1.29 is 0 Å². The third-order valence-corrected chi connectivity index (χ3v) is 3.22. The first-order valence-corrected chi connectivity index (χ1v) is 4.91. The van der Waals surface area contributed by atoms with Crippen molar-refractivity contribution in [2.24, 2.45) is 0 Å². The quantitative estimate of drug-likeness (QED) is 0.495. The normalized spacial score (nSPS) is 15.6. The van der Waals surface area contributed by atoms with E-state index in [1.165, 1.54) is 22.3 Å². The Morgan fingerprint density at radius 3 is 3.11 bits per heavy atom. The van der Waals surface area contributed by atoms with Crippen LogP contribution in [0.3, 0.4) is 0 Å². The van der Waals surface area contributed by atoms with Crippen LogP contribution >= 0.6 is 0 Å². The molecule has 0 fully saturated rings. The van der Waals surface area contributed by atoms with E-state index in [9.17, 15) is 0 Å². The summed E-state index contributed by atoms with van der Waals surface area (Å²) < 4.78 is 1.49. The standard InChI is InChI=1S/C7H7NSe/c1-2-4-7-6(3-1)8-5-9-7/h3-5H,1-2H2. The minimum atomic E-state index is 0.562. The average molecular weight is 184 g/mol. The van der Waals surface area contributed by atoms with Gasteiger partial charge in [-0.1, -0.05) is 0 Å². The van der Waals surface area contributed by atoms with Crippen LogP contribution in [0.5, 0.6) is 0 Å². The molecule has 9 heavy (non-hydrogen) atoms. The molecule has 0 unspecified atom stereocenters. The van der Waals surface area contributed by atoms with Gasteiger partial charge in [0.05, 0.1) is 0 Å². The van der Waals surface area contributed by atoms with Gasteiger partial charge in [0.1, 0.15) is 0 Å². The van der Waals surface area contributed by atoms with Gasteiger partial charge in [0.2, 0.25) is 0 Å². The Labute approximate surface area is 59.5 Å². The van der Waals surface area contributed by atoms with Crippen LogP contribution in [-0.2, 0) is 0 Å². The van der Waals surface area contributed by atoms with E-state index < -0.39 is 0 Å². The summed E-state index contributed by atoms with van der Waals surface area (Å²) in [6, 6.07) is 0. The van der Waals surface area contributed by atoms with Crippen LogP contribution in [0.1, 0.15) is 12.8 Å². The van der Waals surface area contributed by atoms with E-state index in [0.29, 0.717) is 14.5 Å². The van der Waals surface area contributed by atoms with Crippen LogP contribution < -0.4 is 9.44 Å². The fourth-order valence-corrected chi connectivity index (χ4v) is 2.58. The van der Waals surface area contributed by atoms with Crippen molar-refractivity contribution in [3.8, 4) is 0 Å². The fourth-order valence-electron chi connectivity index (χ4n) is 1.00. The van der Waals surface area contributed by atoms with Gasteiger partial charge in [-0.05, 0) is 0 Å². The predicted octanol–water partition coefficient (Wildman–Crippen LogP) is -0.507. The Morgan fingerprint density at radius 2 is 2.22 bits per heavy atom. The van der Waals surface area contributed by atoms with Gasteiger partial charge in [0.25, 0.3) is 0 Å². The van der Waals surface area contributed by atoms with Crippen molar-refractivity contribution >= 4 is 26.7 Å². The van der Waals surface area contributed by atoms with Crippen LogP contribution in [0.15, 0.2) is 5.07 Å². The molecule has 46 valence electrons. The Balaban J connectivity index is 2.89. The summed E-state index contributed by atoms with van der Waals surface area (Å²) in [7, 11) is 0. The molecule has 2 heteroatoms. The average Bonchev–Trinajstić information content (AvgIpc) is 2.33. The number of nitrogens with zero attached hydrogens (tertiary/aromatic N) is 1. The SMILES string of the molecule is C1=c2nc[se]c2=CCC1. The third kappa shape index (κ3) is 0.887. The van der Waals surface area contributed by atoms with E-state index >= 15 is 0 Å². The Morgan fingerprint density at radius 1 is 1.33 bits per heavy atom. The summed E-state index contributed by atoms with van der Waals surface area (Å²) in [5, 5.41) is 3.30. The molecule has 1 heterocycles. The number of fused-ring (bicyclic) bond motifs is 1. The van der Waals surface area contributed by atoms with E-state index in [2.05, 4.69) is 22.2 Å². The van der Waals surface area contributed by atoms with Gasteiger partial charge in [-0.3, -0.25) is 0 Å². The second kappa shape index (κ2) is 2.13. The van der Waals surface area contributed by atoms with Gasteiger partial charge in [0.15, 0.2) is 0 Å². The molecule has 0 saturated carbocycles. The Bertz CT molecular complexity index is 279. The second-order valence-electron chi connectivity index (χ2n) is 2.09. The first-order valence-electron chi connectivity index (χ1n) is 3.07. The first kappa shape index (κ1) is 5.45. The maximum atomic E-state index is 4.25. The molecule has 1 aliphatic carbocycles. The molecular formula is C7H7NSe. The molecule has 0 aliphatic heterocycles. The number of rotatable bonds is 0. The number of aromatic nitrogens is 1. The predicted molar refractivity (Wildman–Crippen MR) is 38.6 cm³/mol.